The molecular formula is C21H23N5O2. The zero-order chi connectivity index (χ0) is 19.2. The molecule has 0 atom stereocenters. The van der Waals surface area contributed by atoms with Gasteiger partial charge in [0.1, 0.15) is 0 Å². The lowest BCUT2D eigenvalue weighted by Gasteiger charge is -2.10. The van der Waals surface area contributed by atoms with E-state index in [-0.39, 0.29) is 0 Å². The summed E-state index contributed by atoms with van der Waals surface area (Å²) in [4.78, 5) is 4.41. The van der Waals surface area contributed by atoms with Crippen LogP contribution in [0.1, 0.15) is 12.0 Å². The minimum atomic E-state index is 0.377. The number of nitrogens with two attached hydrogens (primary N) is 1. The summed E-state index contributed by atoms with van der Waals surface area (Å²) in [7, 11) is 0. The van der Waals surface area contributed by atoms with Crippen LogP contribution < -0.4 is 20.5 Å². The van der Waals surface area contributed by atoms with E-state index in [0.29, 0.717) is 25.7 Å². The summed E-state index contributed by atoms with van der Waals surface area (Å²) >= 11 is 0. The van der Waals surface area contributed by atoms with Crippen LogP contribution in [0.4, 0.5) is 5.69 Å². The van der Waals surface area contributed by atoms with E-state index in [1.807, 2.05) is 47.3 Å². The third-order valence-corrected chi connectivity index (χ3v) is 4.41. The number of aliphatic imine (C=N–C) groups is 1. The Morgan fingerprint density at radius 3 is 2.71 bits per heavy atom. The lowest BCUT2D eigenvalue weighted by Crippen LogP contribution is -2.23. The average molecular weight is 377 g/mol. The Balaban J connectivity index is 1.32. The summed E-state index contributed by atoms with van der Waals surface area (Å²) in [6.45, 7) is 1.93. The van der Waals surface area contributed by atoms with Crippen LogP contribution in [0, 0.1) is 0 Å². The van der Waals surface area contributed by atoms with E-state index in [4.69, 9.17) is 15.2 Å². The second-order valence-corrected chi connectivity index (χ2v) is 6.47. The second-order valence-electron chi connectivity index (χ2n) is 6.47. The molecule has 0 spiro atoms. The monoisotopic (exact) mass is 377 g/mol. The van der Waals surface area contributed by atoms with Crippen LogP contribution in [0.5, 0.6) is 11.5 Å². The number of hydrogen-bond acceptors (Lipinski definition) is 4. The van der Waals surface area contributed by atoms with Crippen molar-refractivity contribution < 1.29 is 9.47 Å². The van der Waals surface area contributed by atoms with Crippen LogP contribution >= 0.6 is 0 Å². The average Bonchev–Trinajstić information content (AvgIpc) is 3.14. The van der Waals surface area contributed by atoms with Crippen LogP contribution in [-0.4, -0.2) is 35.5 Å². The van der Waals surface area contributed by atoms with E-state index in [1.165, 1.54) is 5.56 Å². The molecule has 28 heavy (non-hydrogen) atoms. The fraction of sp³-hybridized carbons (Fsp3) is 0.238. The molecule has 3 N–H and O–H groups in total. The van der Waals surface area contributed by atoms with Crippen molar-refractivity contribution in [2.24, 2.45) is 10.7 Å². The number of rotatable bonds is 5. The summed E-state index contributed by atoms with van der Waals surface area (Å²) in [5, 5.41) is 7.33. The highest BCUT2D eigenvalue weighted by Gasteiger charge is 2.10. The number of hydrogen-bond donors (Lipinski definition) is 2. The van der Waals surface area contributed by atoms with Gasteiger partial charge >= 0.3 is 0 Å². The maximum absolute atomic E-state index is 6.02. The van der Waals surface area contributed by atoms with Crippen molar-refractivity contribution in [3.8, 4) is 17.2 Å². The van der Waals surface area contributed by atoms with Gasteiger partial charge in [0.25, 0.3) is 0 Å². The molecule has 2 aromatic carbocycles. The van der Waals surface area contributed by atoms with Crippen molar-refractivity contribution in [3.63, 3.8) is 0 Å². The van der Waals surface area contributed by atoms with Crippen LogP contribution in [0.3, 0.4) is 0 Å². The van der Waals surface area contributed by atoms with Crippen LogP contribution in [0.15, 0.2) is 65.9 Å². The Morgan fingerprint density at radius 2 is 1.93 bits per heavy atom. The number of fused-ring (bicyclic) bond motifs is 1. The van der Waals surface area contributed by atoms with Crippen LogP contribution in [0.25, 0.3) is 5.69 Å². The smallest absolute Gasteiger partial charge is 0.193 e. The number of ether oxygens (including phenoxy) is 2. The van der Waals surface area contributed by atoms with Gasteiger partial charge in [-0.1, -0.05) is 12.1 Å². The maximum atomic E-state index is 6.02. The highest BCUT2D eigenvalue weighted by Crippen LogP contribution is 2.32. The molecule has 2 heterocycles. The molecule has 1 aliphatic rings. The number of guanidine groups is 1. The Hall–Kier alpha value is -3.48. The molecule has 0 fully saturated rings. The van der Waals surface area contributed by atoms with E-state index < -0.39 is 0 Å². The minimum absolute atomic E-state index is 0.377. The first kappa shape index (κ1) is 17.9. The first-order chi connectivity index (χ1) is 13.8. The fourth-order valence-corrected chi connectivity index (χ4v) is 2.97. The number of benzene rings is 2. The van der Waals surface area contributed by atoms with Gasteiger partial charge < -0.3 is 20.5 Å². The summed E-state index contributed by atoms with van der Waals surface area (Å²) in [6, 6.07) is 15.8. The molecule has 7 nitrogen and oxygen atoms in total. The van der Waals surface area contributed by atoms with Gasteiger partial charge in [-0.2, -0.15) is 5.10 Å². The van der Waals surface area contributed by atoms with Gasteiger partial charge in [-0.25, -0.2) is 4.68 Å². The second kappa shape index (κ2) is 8.47. The lowest BCUT2D eigenvalue weighted by molar-refractivity contribution is 0.297. The molecule has 7 heteroatoms. The van der Waals surface area contributed by atoms with E-state index in [0.717, 1.165) is 35.7 Å². The normalized spacial score (nSPS) is 13.8. The van der Waals surface area contributed by atoms with Crippen molar-refractivity contribution >= 4 is 11.6 Å². The van der Waals surface area contributed by atoms with Crippen molar-refractivity contribution in [2.45, 2.75) is 12.8 Å². The molecule has 0 unspecified atom stereocenters. The quantitative estimate of drug-likeness (QED) is 0.527. The summed E-state index contributed by atoms with van der Waals surface area (Å²) in [6.07, 6.45) is 5.37. The first-order valence-electron chi connectivity index (χ1n) is 9.33. The zero-order valence-electron chi connectivity index (χ0n) is 15.5. The molecule has 0 amide bonds. The van der Waals surface area contributed by atoms with E-state index in [1.54, 1.807) is 6.20 Å². The van der Waals surface area contributed by atoms with E-state index in [2.05, 4.69) is 27.5 Å². The van der Waals surface area contributed by atoms with Crippen molar-refractivity contribution in [1.29, 1.82) is 0 Å². The highest BCUT2D eigenvalue weighted by atomic mass is 16.5. The largest absolute Gasteiger partial charge is 0.490 e. The third kappa shape index (κ3) is 4.43. The first-order valence-corrected chi connectivity index (χ1v) is 9.33. The van der Waals surface area contributed by atoms with Gasteiger partial charge in [0, 0.05) is 37.1 Å². The summed E-state index contributed by atoms with van der Waals surface area (Å²) in [5.74, 6) is 1.87. The Bertz CT molecular complexity index is 936. The minimum Gasteiger partial charge on any atom is -0.490 e. The standard InChI is InChI=1S/C21H23N5O2/c22-21(25-17-5-8-19-20(15-17)28-14-2-13-27-19)23-11-9-16-3-6-18(7-4-16)26-12-1-10-24-26/h1,3-8,10,12,15H,2,9,11,13-14H2,(H3,22,23,25). The Morgan fingerprint density at radius 1 is 1.11 bits per heavy atom. The predicted molar refractivity (Wildman–Crippen MR) is 109 cm³/mol. The summed E-state index contributed by atoms with van der Waals surface area (Å²) < 4.78 is 13.2. The number of nitrogens with one attached hydrogen (secondary N) is 1. The molecule has 0 radical (unpaired) electrons. The fourth-order valence-electron chi connectivity index (χ4n) is 2.97. The van der Waals surface area contributed by atoms with Gasteiger partial charge in [-0.15, -0.1) is 0 Å². The van der Waals surface area contributed by atoms with Gasteiger partial charge in [0.15, 0.2) is 17.5 Å². The van der Waals surface area contributed by atoms with Gasteiger partial charge in [-0.3, -0.25) is 4.99 Å². The van der Waals surface area contributed by atoms with Crippen molar-refractivity contribution in [2.75, 3.05) is 25.1 Å². The predicted octanol–water partition coefficient (Wildman–Crippen LogP) is 3.00. The van der Waals surface area contributed by atoms with Crippen LogP contribution in [0.2, 0.25) is 0 Å². The summed E-state index contributed by atoms with van der Waals surface area (Å²) in [5.41, 5.74) is 9.08. The van der Waals surface area contributed by atoms with Crippen molar-refractivity contribution in [1.82, 2.24) is 9.78 Å². The molecule has 1 aliphatic heterocycles. The van der Waals surface area contributed by atoms with Crippen LogP contribution in [-0.2, 0) is 6.42 Å². The molecular weight excluding hydrogens is 354 g/mol. The van der Waals surface area contributed by atoms with E-state index >= 15 is 0 Å². The topological polar surface area (TPSA) is 86.7 Å². The molecule has 3 aromatic rings. The molecule has 0 aliphatic carbocycles. The highest BCUT2D eigenvalue weighted by molar-refractivity contribution is 5.92. The number of nitrogens with zero attached hydrogens (tertiary/aromatic N) is 3. The van der Waals surface area contributed by atoms with Gasteiger partial charge in [0.2, 0.25) is 0 Å². The van der Waals surface area contributed by atoms with Crippen molar-refractivity contribution in [3.05, 3.63) is 66.5 Å². The number of anilines is 1. The molecule has 4 rings (SSSR count). The maximum Gasteiger partial charge on any atom is 0.193 e. The number of aromatic nitrogens is 2. The van der Waals surface area contributed by atoms with Gasteiger partial charge in [-0.05, 0) is 42.3 Å². The zero-order valence-corrected chi connectivity index (χ0v) is 15.5. The molecule has 0 saturated heterocycles. The SMILES string of the molecule is NC(=NCCc1ccc(-n2cccn2)cc1)Nc1ccc2c(c1)OCCCO2. The molecule has 0 saturated carbocycles. The lowest BCUT2D eigenvalue weighted by atomic mass is 10.1. The molecule has 1 aromatic heterocycles. The van der Waals surface area contributed by atoms with E-state index in [9.17, 15) is 0 Å². The molecule has 144 valence electrons. The Labute approximate surface area is 163 Å². The molecule has 0 bridgehead atoms. The Kier molecular flexibility index (Phi) is 5.42. The van der Waals surface area contributed by atoms with Gasteiger partial charge in [0.05, 0.1) is 18.9 Å². The third-order valence-electron chi connectivity index (χ3n) is 4.41.